The van der Waals surface area contributed by atoms with Crippen molar-refractivity contribution < 1.29 is 13.2 Å². The second-order valence-electron chi connectivity index (χ2n) is 5.12. The van der Waals surface area contributed by atoms with Crippen LogP contribution in [-0.2, 0) is 7.05 Å². The van der Waals surface area contributed by atoms with E-state index in [9.17, 15) is 13.2 Å². The van der Waals surface area contributed by atoms with E-state index < -0.39 is 24.1 Å². The molecule has 7 heteroatoms. The van der Waals surface area contributed by atoms with Crippen LogP contribution in [0.5, 0.6) is 0 Å². The van der Waals surface area contributed by atoms with Gasteiger partial charge < -0.3 is 5.73 Å². The molecule has 108 valence electrons. The Morgan fingerprint density at radius 3 is 2.58 bits per heavy atom. The molecule has 1 aromatic heterocycles. The molecule has 1 aliphatic rings. The molecule has 1 heterocycles. The van der Waals surface area contributed by atoms with Gasteiger partial charge in [0.25, 0.3) is 0 Å². The molecule has 1 aliphatic carbocycles. The average molecular weight is 296 g/mol. The summed E-state index contributed by atoms with van der Waals surface area (Å²) in [5.41, 5.74) is 6.55. The quantitative estimate of drug-likeness (QED) is 0.908. The predicted octanol–water partition coefficient (Wildman–Crippen LogP) is 3.44. The molecule has 0 spiro atoms. The molecule has 2 N–H and O–H groups in total. The van der Waals surface area contributed by atoms with Crippen molar-refractivity contribution in [1.29, 1.82) is 0 Å². The minimum atomic E-state index is -4.20. The molecule has 0 saturated heterocycles. The normalized spacial score (nSPS) is 26.4. The van der Waals surface area contributed by atoms with Crippen molar-refractivity contribution in [2.24, 2.45) is 24.6 Å². The zero-order valence-electron chi connectivity index (χ0n) is 10.6. The van der Waals surface area contributed by atoms with E-state index in [1.807, 2.05) is 0 Å². The van der Waals surface area contributed by atoms with Gasteiger partial charge in [0.05, 0.1) is 28.9 Å². The molecule has 3 atom stereocenters. The van der Waals surface area contributed by atoms with Crippen molar-refractivity contribution in [2.75, 3.05) is 0 Å². The van der Waals surface area contributed by atoms with E-state index in [-0.39, 0.29) is 6.42 Å². The van der Waals surface area contributed by atoms with Gasteiger partial charge in [0.2, 0.25) is 0 Å². The fourth-order valence-electron chi connectivity index (χ4n) is 2.99. The molecular formula is C12H17ClF3N3. The lowest BCUT2D eigenvalue weighted by molar-refractivity contribution is -0.198. The molecule has 1 fully saturated rings. The molecule has 3 unspecified atom stereocenters. The zero-order valence-corrected chi connectivity index (χ0v) is 11.4. The maximum Gasteiger partial charge on any atom is 0.392 e. The highest BCUT2D eigenvalue weighted by Crippen LogP contribution is 2.46. The second-order valence-corrected chi connectivity index (χ2v) is 5.53. The van der Waals surface area contributed by atoms with Crippen LogP contribution in [0.2, 0.25) is 5.02 Å². The lowest BCUT2D eigenvalue weighted by Crippen LogP contribution is -2.39. The fourth-order valence-corrected chi connectivity index (χ4v) is 3.29. The summed E-state index contributed by atoms with van der Waals surface area (Å²) in [6.45, 7) is 0. The van der Waals surface area contributed by atoms with Crippen LogP contribution in [0.1, 0.15) is 37.4 Å². The van der Waals surface area contributed by atoms with Gasteiger partial charge in [-0.1, -0.05) is 24.4 Å². The molecule has 1 aromatic rings. The number of halogens is 4. The molecule has 19 heavy (non-hydrogen) atoms. The number of aromatic nitrogens is 2. The van der Waals surface area contributed by atoms with Crippen LogP contribution in [0, 0.1) is 11.8 Å². The van der Waals surface area contributed by atoms with E-state index in [0.717, 1.165) is 6.42 Å². The molecule has 0 radical (unpaired) electrons. The number of nitrogens with zero attached hydrogens (tertiary/aromatic N) is 2. The van der Waals surface area contributed by atoms with Gasteiger partial charge >= 0.3 is 6.18 Å². The topological polar surface area (TPSA) is 43.8 Å². The highest BCUT2D eigenvalue weighted by molar-refractivity contribution is 6.31. The summed E-state index contributed by atoms with van der Waals surface area (Å²) in [5, 5.41) is 4.28. The fraction of sp³-hybridized carbons (Fsp3) is 0.750. The summed E-state index contributed by atoms with van der Waals surface area (Å²) in [5.74, 6) is -1.97. The van der Waals surface area contributed by atoms with Crippen LogP contribution in [0.4, 0.5) is 13.2 Å². The van der Waals surface area contributed by atoms with E-state index in [2.05, 4.69) is 5.10 Å². The number of alkyl halides is 3. The van der Waals surface area contributed by atoms with Crippen LogP contribution in [0.25, 0.3) is 0 Å². The maximum atomic E-state index is 13.1. The van der Waals surface area contributed by atoms with E-state index in [1.54, 1.807) is 7.05 Å². The van der Waals surface area contributed by atoms with Crippen molar-refractivity contribution >= 4 is 11.6 Å². The van der Waals surface area contributed by atoms with Crippen LogP contribution >= 0.6 is 11.6 Å². The summed E-state index contributed by atoms with van der Waals surface area (Å²) in [6, 6.07) is -0.730. The second kappa shape index (κ2) is 5.32. The Morgan fingerprint density at radius 1 is 1.42 bits per heavy atom. The lowest BCUT2D eigenvalue weighted by Gasteiger charge is -2.36. The van der Waals surface area contributed by atoms with Crippen LogP contribution < -0.4 is 5.73 Å². The molecule has 3 nitrogen and oxygen atoms in total. The Hall–Kier alpha value is -0.750. The number of rotatable bonds is 2. The highest BCUT2D eigenvalue weighted by atomic mass is 35.5. The Kier molecular flexibility index (Phi) is 4.11. The Balaban J connectivity index is 2.28. The predicted molar refractivity (Wildman–Crippen MR) is 66.6 cm³/mol. The van der Waals surface area contributed by atoms with Crippen LogP contribution in [0.3, 0.4) is 0 Å². The van der Waals surface area contributed by atoms with E-state index >= 15 is 0 Å². The zero-order chi connectivity index (χ0) is 14.2. The van der Waals surface area contributed by atoms with Gasteiger partial charge in [-0.15, -0.1) is 0 Å². The minimum absolute atomic E-state index is 0.150. The Bertz CT molecular complexity index is 424. The number of hydrogen-bond acceptors (Lipinski definition) is 2. The minimum Gasteiger partial charge on any atom is -0.322 e. The number of hydrogen-bond donors (Lipinski definition) is 1. The standard InChI is InChI=1S/C12H17ClF3N3/c1-19-11(9(13)6-18-19)10(17)7-4-2-3-5-8(7)12(14,15)16/h6-8,10H,2-5,17H2,1H3. The van der Waals surface area contributed by atoms with E-state index in [1.165, 1.54) is 10.9 Å². The maximum absolute atomic E-state index is 13.1. The van der Waals surface area contributed by atoms with Gasteiger partial charge in [-0.25, -0.2) is 0 Å². The van der Waals surface area contributed by atoms with Crippen molar-refractivity contribution in [3.8, 4) is 0 Å². The first-order chi connectivity index (χ1) is 8.82. The van der Waals surface area contributed by atoms with Crippen molar-refractivity contribution in [3.05, 3.63) is 16.9 Å². The molecule has 1 saturated carbocycles. The van der Waals surface area contributed by atoms with E-state index in [0.29, 0.717) is 23.6 Å². The van der Waals surface area contributed by atoms with E-state index in [4.69, 9.17) is 17.3 Å². The smallest absolute Gasteiger partial charge is 0.322 e. The molecule has 0 aliphatic heterocycles. The lowest BCUT2D eigenvalue weighted by atomic mass is 9.74. The first-order valence-corrected chi connectivity index (χ1v) is 6.70. The van der Waals surface area contributed by atoms with Gasteiger partial charge in [0.1, 0.15) is 0 Å². The van der Waals surface area contributed by atoms with Crippen molar-refractivity contribution in [1.82, 2.24) is 9.78 Å². The first kappa shape index (κ1) is 14.7. The summed E-state index contributed by atoms with van der Waals surface area (Å²) in [4.78, 5) is 0. The Labute approximate surface area is 114 Å². The number of nitrogens with two attached hydrogens (primary N) is 1. The third kappa shape index (κ3) is 2.89. The van der Waals surface area contributed by atoms with Gasteiger partial charge in [0, 0.05) is 7.05 Å². The third-order valence-corrected chi connectivity index (χ3v) is 4.25. The van der Waals surface area contributed by atoms with Gasteiger partial charge in [-0.05, 0) is 18.8 Å². The van der Waals surface area contributed by atoms with Crippen molar-refractivity contribution in [3.63, 3.8) is 0 Å². The highest BCUT2D eigenvalue weighted by Gasteiger charge is 2.48. The summed E-state index contributed by atoms with van der Waals surface area (Å²) in [6.07, 6.45) is -0.771. The van der Waals surface area contributed by atoms with Gasteiger partial charge in [-0.2, -0.15) is 18.3 Å². The first-order valence-electron chi connectivity index (χ1n) is 6.32. The summed E-state index contributed by atoms with van der Waals surface area (Å²) < 4.78 is 40.7. The summed E-state index contributed by atoms with van der Waals surface area (Å²) in [7, 11) is 1.65. The molecule has 2 rings (SSSR count). The number of aryl methyl sites for hydroxylation is 1. The van der Waals surface area contributed by atoms with Crippen molar-refractivity contribution in [2.45, 2.75) is 37.9 Å². The average Bonchev–Trinajstić information content (AvgIpc) is 2.67. The van der Waals surface area contributed by atoms with Gasteiger partial charge in [0.15, 0.2) is 0 Å². The monoisotopic (exact) mass is 295 g/mol. The molecule has 0 amide bonds. The summed E-state index contributed by atoms with van der Waals surface area (Å²) >= 11 is 5.98. The van der Waals surface area contributed by atoms with Crippen LogP contribution in [0.15, 0.2) is 6.20 Å². The molecule has 0 bridgehead atoms. The molecular weight excluding hydrogens is 279 g/mol. The Morgan fingerprint density at radius 2 is 2.05 bits per heavy atom. The largest absolute Gasteiger partial charge is 0.392 e. The SMILES string of the molecule is Cn1ncc(Cl)c1C(N)C1CCCCC1C(F)(F)F. The molecule has 0 aromatic carbocycles. The van der Waals surface area contributed by atoms with Crippen LogP contribution in [-0.4, -0.2) is 16.0 Å². The van der Waals surface area contributed by atoms with Gasteiger partial charge in [-0.3, -0.25) is 4.68 Å². The third-order valence-electron chi connectivity index (χ3n) is 3.95.